The summed E-state index contributed by atoms with van der Waals surface area (Å²) in [6.07, 6.45) is 2.45. The molecule has 2 N–H and O–H groups in total. The average molecular weight is 216 g/mol. The zero-order valence-corrected chi connectivity index (χ0v) is 10.7. The predicted octanol–water partition coefficient (Wildman–Crippen LogP) is 1.94. The molecular weight excluding hydrogens is 192 g/mol. The van der Waals surface area contributed by atoms with Crippen LogP contribution in [0.4, 0.5) is 0 Å². The maximum atomic E-state index is 5.97. The van der Waals surface area contributed by atoms with Gasteiger partial charge in [0.15, 0.2) is 0 Å². The van der Waals surface area contributed by atoms with E-state index in [1.807, 2.05) is 0 Å². The first-order valence-corrected chi connectivity index (χ1v) is 6.65. The Bertz CT molecular complexity index is 186. The van der Waals surface area contributed by atoms with Crippen LogP contribution in [0, 0.1) is 0 Å². The molecule has 0 amide bonds. The molecule has 1 heterocycles. The lowest BCUT2D eigenvalue weighted by Crippen LogP contribution is -2.55. The van der Waals surface area contributed by atoms with Crippen molar-refractivity contribution < 1.29 is 0 Å². The van der Waals surface area contributed by atoms with Gasteiger partial charge in [0, 0.05) is 29.1 Å². The minimum atomic E-state index is 0.263. The van der Waals surface area contributed by atoms with E-state index in [4.69, 9.17) is 5.73 Å². The highest BCUT2D eigenvalue weighted by Crippen LogP contribution is 2.38. The summed E-state index contributed by atoms with van der Waals surface area (Å²) in [7, 11) is 2.24. The first kappa shape index (κ1) is 12.3. The number of likely N-dealkylation sites (N-methyl/N-ethyl adjacent to an activating group) is 1. The van der Waals surface area contributed by atoms with Gasteiger partial charge < -0.3 is 5.73 Å². The third-order valence-electron chi connectivity index (χ3n) is 3.68. The maximum Gasteiger partial charge on any atom is 0.0432 e. The summed E-state index contributed by atoms with van der Waals surface area (Å²) in [4.78, 5) is 2.50. The molecule has 3 heteroatoms. The van der Waals surface area contributed by atoms with Gasteiger partial charge in [-0.15, -0.1) is 0 Å². The van der Waals surface area contributed by atoms with Crippen molar-refractivity contribution in [1.29, 1.82) is 0 Å². The Morgan fingerprint density at radius 1 is 1.64 bits per heavy atom. The minimum absolute atomic E-state index is 0.263. The lowest BCUT2D eigenvalue weighted by molar-refractivity contribution is 0.100. The van der Waals surface area contributed by atoms with Crippen LogP contribution >= 0.6 is 11.8 Å². The minimum Gasteiger partial charge on any atom is -0.329 e. The Balaban J connectivity index is 2.69. The second kappa shape index (κ2) is 4.86. The van der Waals surface area contributed by atoms with E-state index in [1.54, 1.807) is 0 Å². The van der Waals surface area contributed by atoms with Crippen LogP contribution in [-0.4, -0.2) is 41.1 Å². The topological polar surface area (TPSA) is 29.3 Å². The lowest BCUT2D eigenvalue weighted by Gasteiger charge is -2.41. The lowest BCUT2D eigenvalue weighted by atomic mass is 9.92. The Labute approximate surface area is 92.6 Å². The molecule has 0 radical (unpaired) electrons. The molecule has 0 saturated carbocycles. The van der Waals surface area contributed by atoms with Crippen molar-refractivity contribution in [1.82, 2.24) is 4.90 Å². The molecule has 3 unspecified atom stereocenters. The molecule has 2 nitrogen and oxygen atoms in total. The van der Waals surface area contributed by atoms with Crippen molar-refractivity contribution >= 4 is 11.8 Å². The number of hydrogen-bond donors (Lipinski definition) is 1. The first-order valence-electron chi connectivity index (χ1n) is 5.60. The van der Waals surface area contributed by atoms with E-state index in [9.17, 15) is 0 Å². The Kier molecular flexibility index (Phi) is 4.29. The van der Waals surface area contributed by atoms with E-state index in [-0.39, 0.29) is 5.54 Å². The van der Waals surface area contributed by atoms with E-state index in [1.165, 1.54) is 18.6 Å². The molecular formula is C11H24N2S. The molecule has 0 aromatic carbocycles. The summed E-state index contributed by atoms with van der Waals surface area (Å²) in [5, 5.41) is 0.769. The number of nitrogens with two attached hydrogens (primary N) is 1. The summed E-state index contributed by atoms with van der Waals surface area (Å²) in [5.74, 6) is 1.20. The van der Waals surface area contributed by atoms with Crippen LogP contribution in [0.25, 0.3) is 0 Å². The average Bonchev–Trinajstić information content (AvgIpc) is 2.59. The van der Waals surface area contributed by atoms with E-state index in [0.29, 0.717) is 6.04 Å². The van der Waals surface area contributed by atoms with Crippen molar-refractivity contribution in [2.45, 2.75) is 50.4 Å². The predicted molar refractivity (Wildman–Crippen MR) is 65.8 cm³/mol. The van der Waals surface area contributed by atoms with Crippen molar-refractivity contribution in [2.75, 3.05) is 19.3 Å². The SMILES string of the molecule is CCC(C)N(C)C1(CN)CSC(C)C1. The van der Waals surface area contributed by atoms with Gasteiger partial charge >= 0.3 is 0 Å². The smallest absolute Gasteiger partial charge is 0.0432 e. The van der Waals surface area contributed by atoms with Gasteiger partial charge in [0.25, 0.3) is 0 Å². The Hall–Kier alpha value is 0.270. The number of rotatable bonds is 4. The second-order valence-electron chi connectivity index (χ2n) is 4.62. The number of thioether (sulfide) groups is 1. The van der Waals surface area contributed by atoms with Crippen molar-refractivity contribution in [3.8, 4) is 0 Å². The van der Waals surface area contributed by atoms with E-state index < -0.39 is 0 Å². The van der Waals surface area contributed by atoms with Crippen LogP contribution in [-0.2, 0) is 0 Å². The van der Waals surface area contributed by atoms with Crippen molar-refractivity contribution in [3.63, 3.8) is 0 Å². The first-order chi connectivity index (χ1) is 6.55. The quantitative estimate of drug-likeness (QED) is 0.779. The third kappa shape index (κ3) is 2.26. The fourth-order valence-electron chi connectivity index (χ4n) is 2.22. The van der Waals surface area contributed by atoms with Crippen LogP contribution in [0.5, 0.6) is 0 Å². The normalized spacial score (nSPS) is 35.1. The molecule has 0 aromatic heterocycles. The van der Waals surface area contributed by atoms with Crippen molar-refractivity contribution in [2.24, 2.45) is 5.73 Å². The molecule has 0 aromatic rings. The molecule has 0 bridgehead atoms. The van der Waals surface area contributed by atoms with Gasteiger partial charge in [0.2, 0.25) is 0 Å². The molecule has 1 rings (SSSR count). The van der Waals surface area contributed by atoms with Crippen LogP contribution in [0.2, 0.25) is 0 Å². The summed E-state index contributed by atoms with van der Waals surface area (Å²) >= 11 is 2.06. The summed E-state index contributed by atoms with van der Waals surface area (Å²) in [5.41, 5.74) is 6.23. The van der Waals surface area contributed by atoms with Gasteiger partial charge in [-0.3, -0.25) is 4.90 Å². The summed E-state index contributed by atoms with van der Waals surface area (Å²) in [6, 6.07) is 0.643. The van der Waals surface area contributed by atoms with Crippen molar-refractivity contribution in [3.05, 3.63) is 0 Å². The van der Waals surface area contributed by atoms with Crippen LogP contribution < -0.4 is 5.73 Å². The van der Waals surface area contributed by atoms with Gasteiger partial charge in [0.05, 0.1) is 0 Å². The molecule has 1 aliphatic rings. The molecule has 0 aliphatic carbocycles. The molecule has 0 spiro atoms. The molecule has 1 aliphatic heterocycles. The Morgan fingerprint density at radius 3 is 2.64 bits per heavy atom. The highest BCUT2D eigenvalue weighted by molar-refractivity contribution is 8.00. The molecule has 1 fully saturated rings. The number of nitrogens with zero attached hydrogens (tertiary/aromatic N) is 1. The largest absolute Gasteiger partial charge is 0.329 e. The molecule has 1 saturated heterocycles. The molecule has 3 atom stereocenters. The van der Waals surface area contributed by atoms with Gasteiger partial charge in [-0.05, 0) is 26.8 Å². The van der Waals surface area contributed by atoms with Crippen LogP contribution in [0.1, 0.15) is 33.6 Å². The van der Waals surface area contributed by atoms with Gasteiger partial charge in [-0.1, -0.05) is 13.8 Å². The maximum absolute atomic E-state index is 5.97. The standard InChI is InChI=1S/C11H24N2S/c1-5-9(2)13(4)11(7-12)6-10(3)14-8-11/h9-10H,5-8,12H2,1-4H3. The van der Waals surface area contributed by atoms with Crippen LogP contribution in [0.15, 0.2) is 0 Å². The summed E-state index contributed by atoms with van der Waals surface area (Å²) in [6.45, 7) is 7.65. The van der Waals surface area contributed by atoms with E-state index in [2.05, 4.69) is 44.5 Å². The highest BCUT2D eigenvalue weighted by atomic mass is 32.2. The fraction of sp³-hybridized carbons (Fsp3) is 1.00. The molecule has 14 heavy (non-hydrogen) atoms. The third-order valence-corrected chi connectivity index (χ3v) is 5.12. The summed E-state index contributed by atoms with van der Waals surface area (Å²) < 4.78 is 0. The molecule has 84 valence electrons. The second-order valence-corrected chi connectivity index (χ2v) is 6.05. The highest BCUT2D eigenvalue weighted by Gasteiger charge is 2.41. The van der Waals surface area contributed by atoms with Gasteiger partial charge in [0.1, 0.15) is 0 Å². The zero-order valence-electron chi connectivity index (χ0n) is 9.92. The monoisotopic (exact) mass is 216 g/mol. The zero-order chi connectivity index (χ0) is 10.8. The Morgan fingerprint density at radius 2 is 2.29 bits per heavy atom. The van der Waals surface area contributed by atoms with E-state index >= 15 is 0 Å². The number of hydrogen-bond acceptors (Lipinski definition) is 3. The van der Waals surface area contributed by atoms with E-state index in [0.717, 1.165) is 11.8 Å². The van der Waals surface area contributed by atoms with Crippen LogP contribution in [0.3, 0.4) is 0 Å². The van der Waals surface area contributed by atoms with Gasteiger partial charge in [-0.2, -0.15) is 11.8 Å². The fourth-order valence-corrected chi connectivity index (χ4v) is 3.69. The van der Waals surface area contributed by atoms with Gasteiger partial charge in [-0.25, -0.2) is 0 Å².